The number of halogens is 1. The summed E-state index contributed by atoms with van der Waals surface area (Å²) in [5.41, 5.74) is 0.789. The van der Waals surface area contributed by atoms with E-state index in [9.17, 15) is 29.1 Å². The van der Waals surface area contributed by atoms with E-state index in [1.165, 1.54) is 18.2 Å². The number of ether oxygens (including phenoxy) is 6. The van der Waals surface area contributed by atoms with E-state index in [2.05, 4.69) is 15.9 Å². The summed E-state index contributed by atoms with van der Waals surface area (Å²) >= 11 is 3.34. The van der Waals surface area contributed by atoms with Crippen LogP contribution in [0.2, 0.25) is 0 Å². The summed E-state index contributed by atoms with van der Waals surface area (Å²) in [6.45, 7) is 4.05. The van der Waals surface area contributed by atoms with Gasteiger partial charge in [-0.1, -0.05) is 28.1 Å². The lowest BCUT2D eigenvalue weighted by Gasteiger charge is -2.43. The van der Waals surface area contributed by atoms with Crippen LogP contribution in [-0.4, -0.2) is 72.1 Å². The van der Waals surface area contributed by atoms with Gasteiger partial charge in [-0.05, 0) is 29.8 Å². The van der Waals surface area contributed by atoms with Crippen LogP contribution in [-0.2, 0) is 49.3 Å². The van der Waals surface area contributed by atoms with Gasteiger partial charge in [0.2, 0.25) is 12.4 Å². The Kier molecular flexibility index (Phi) is 10.8. The van der Waals surface area contributed by atoms with Gasteiger partial charge in [0.25, 0.3) is 0 Å². The van der Waals surface area contributed by atoms with Crippen LogP contribution < -0.4 is 4.74 Å². The van der Waals surface area contributed by atoms with Gasteiger partial charge in [-0.2, -0.15) is 0 Å². The maximum Gasteiger partial charge on any atom is 0.303 e. The zero-order chi connectivity index (χ0) is 30.3. The third-order valence-corrected chi connectivity index (χ3v) is 6.28. The molecule has 0 bridgehead atoms. The molecule has 0 amide bonds. The number of ketones is 1. The molecule has 1 aliphatic heterocycles. The Morgan fingerprint density at radius 2 is 1.39 bits per heavy atom. The second-order valence-electron chi connectivity index (χ2n) is 9.09. The lowest BCUT2D eigenvalue weighted by Crippen LogP contribution is -2.63. The first kappa shape index (κ1) is 31.6. The van der Waals surface area contributed by atoms with E-state index in [0.29, 0.717) is 0 Å². The summed E-state index contributed by atoms with van der Waals surface area (Å²) in [6, 6.07) is 11.1. The molecule has 5 atom stereocenters. The summed E-state index contributed by atoms with van der Waals surface area (Å²) in [7, 11) is 0. The molecule has 41 heavy (non-hydrogen) atoms. The van der Waals surface area contributed by atoms with Crippen molar-refractivity contribution in [1.82, 2.24) is 0 Å². The molecule has 12 nitrogen and oxygen atoms in total. The van der Waals surface area contributed by atoms with Gasteiger partial charge in [0, 0.05) is 44.7 Å². The number of hydrogen-bond donors (Lipinski definition) is 1. The average Bonchev–Trinajstić information content (AvgIpc) is 2.87. The molecule has 13 heteroatoms. The fourth-order valence-corrected chi connectivity index (χ4v) is 4.39. The van der Waals surface area contributed by atoms with Crippen molar-refractivity contribution in [3.63, 3.8) is 0 Å². The minimum absolute atomic E-state index is 0.00333. The molecule has 2 aromatic rings. The molecule has 0 aliphatic carbocycles. The normalized spacial score (nSPS) is 21.7. The van der Waals surface area contributed by atoms with Gasteiger partial charge in [0.1, 0.15) is 24.2 Å². The summed E-state index contributed by atoms with van der Waals surface area (Å²) in [4.78, 5) is 60.1. The van der Waals surface area contributed by atoms with Crippen molar-refractivity contribution in [1.29, 1.82) is 0 Å². The number of rotatable bonds is 10. The highest BCUT2D eigenvalue weighted by molar-refractivity contribution is 9.10. The Balaban J connectivity index is 1.90. The lowest BCUT2D eigenvalue weighted by molar-refractivity contribution is -0.288. The van der Waals surface area contributed by atoms with E-state index in [0.717, 1.165) is 37.7 Å². The predicted molar refractivity (Wildman–Crippen MR) is 143 cm³/mol. The number of carbonyl (C=O) groups excluding carboxylic acids is 5. The monoisotopic (exact) mass is 636 g/mol. The zero-order valence-corrected chi connectivity index (χ0v) is 24.2. The Hall–Kier alpha value is -3.97. The lowest BCUT2D eigenvalue weighted by atomic mass is 9.98. The van der Waals surface area contributed by atoms with Crippen LogP contribution in [0.15, 0.2) is 46.9 Å². The fourth-order valence-electron chi connectivity index (χ4n) is 4.12. The van der Waals surface area contributed by atoms with Crippen LogP contribution in [0.4, 0.5) is 0 Å². The Morgan fingerprint density at radius 1 is 0.805 bits per heavy atom. The second-order valence-corrected chi connectivity index (χ2v) is 10.0. The van der Waals surface area contributed by atoms with Crippen LogP contribution in [0.3, 0.4) is 0 Å². The van der Waals surface area contributed by atoms with E-state index < -0.39 is 61.2 Å². The number of esters is 4. The number of aromatic hydroxyl groups is 1. The van der Waals surface area contributed by atoms with E-state index in [4.69, 9.17) is 28.4 Å². The highest BCUT2D eigenvalue weighted by Gasteiger charge is 2.53. The van der Waals surface area contributed by atoms with Crippen molar-refractivity contribution in [2.75, 3.05) is 6.61 Å². The molecule has 0 radical (unpaired) electrons. The number of benzene rings is 2. The molecular weight excluding hydrogens is 608 g/mol. The molecule has 0 unspecified atom stereocenters. The van der Waals surface area contributed by atoms with Crippen molar-refractivity contribution in [2.24, 2.45) is 0 Å². The third-order valence-electron chi connectivity index (χ3n) is 5.75. The van der Waals surface area contributed by atoms with E-state index in [1.54, 1.807) is 24.3 Å². The van der Waals surface area contributed by atoms with Crippen molar-refractivity contribution >= 4 is 45.6 Å². The number of hydrogen-bond acceptors (Lipinski definition) is 12. The molecule has 0 aromatic heterocycles. The standard InChI is InChI=1S/C28H29BrO12/c1-14(30)36-13-24-25(37-15(2)31)26(38-16(3)32)27(39-17(4)33)28(41-24)40-20-9-10-21(23(35)12-20)22(34)11-18-5-7-19(29)8-6-18/h5-10,12,24-28,35H,11,13H2,1-4H3/t24-,25-,26+,27+,28-/m1/s1. The minimum atomic E-state index is -1.49. The van der Waals surface area contributed by atoms with Crippen LogP contribution in [0, 0.1) is 0 Å². The van der Waals surface area contributed by atoms with Crippen LogP contribution >= 0.6 is 15.9 Å². The predicted octanol–water partition coefficient (Wildman–Crippen LogP) is 3.04. The van der Waals surface area contributed by atoms with Crippen LogP contribution in [0.25, 0.3) is 0 Å². The molecule has 3 rings (SSSR count). The quantitative estimate of drug-likeness (QED) is 0.231. The highest BCUT2D eigenvalue weighted by atomic mass is 79.9. The van der Waals surface area contributed by atoms with Crippen molar-refractivity contribution in [3.05, 3.63) is 58.1 Å². The SMILES string of the molecule is CC(=O)OC[C@H]1O[C@@H](Oc2ccc(C(=O)Cc3ccc(Br)cc3)c(O)c2)[C@@H](OC(C)=O)[C@@H](OC(C)=O)[C@@H]1OC(C)=O. The fraction of sp³-hybridized carbons (Fsp3) is 0.393. The first-order valence-corrected chi connectivity index (χ1v) is 13.2. The maximum atomic E-state index is 12.8. The minimum Gasteiger partial charge on any atom is -0.507 e. The number of phenols is 1. The number of carbonyl (C=O) groups is 5. The number of phenolic OH excluding ortho intramolecular Hbond substituents is 1. The van der Waals surface area contributed by atoms with Gasteiger partial charge in [-0.25, -0.2) is 0 Å². The topological polar surface area (TPSA) is 161 Å². The smallest absolute Gasteiger partial charge is 0.303 e. The molecule has 0 saturated carbocycles. The summed E-state index contributed by atoms with van der Waals surface area (Å²) in [5.74, 6) is -3.73. The first-order valence-electron chi connectivity index (χ1n) is 12.4. The van der Waals surface area contributed by atoms with E-state index in [1.807, 2.05) is 0 Å². The molecule has 1 heterocycles. The maximum absolute atomic E-state index is 12.8. The van der Waals surface area contributed by atoms with E-state index in [-0.39, 0.29) is 29.3 Å². The number of Topliss-reactive ketones (excluding diaryl/α,β-unsaturated/α-hetero) is 1. The van der Waals surface area contributed by atoms with Crippen LogP contribution in [0.5, 0.6) is 11.5 Å². The largest absolute Gasteiger partial charge is 0.507 e. The van der Waals surface area contributed by atoms with Gasteiger partial charge in [0.05, 0.1) is 5.56 Å². The van der Waals surface area contributed by atoms with Gasteiger partial charge >= 0.3 is 23.9 Å². The molecular formula is C28H29BrO12. The molecule has 1 fully saturated rings. The van der Waals surface area contributed by atoms with Gasteiger partial charge in [-0.3, -0.25) is 24.0 Å². The van der Waals surface area contributed by atoms with Gasteiger partial charge < -0.3 is 33.5 Å². The Labute approximate surface area is 243 Å². The third kappa shape index (κ3) is 9.02. The Bertz CT molecular complexity index is 1290. The van der Waals surface area contributed by atoms with Gasteiger partial charge in [0.15, 0.2) is 18.0 Å². The molecule has 1 N–H and O–H groups in total. The molecule has 2 aromatic carbocycles. The summed E-state index contributed by atoms with van der Waals surface area (Å²) < 4.78 is 33.7. The molecule has 220 valence electrons. The zero-order valence-electron chi connectivity index (χ0n) is 22.7. The molecule has 0 spiro atoms. The molecule has 1 aliphatic rings. The highest BCUT2D eigenvalue weighted by Crippen LogP contribution is 2.33. The van der Waals surface area contributed by atoms with Gasteiger partial charge in [-0.15, -0.1) is 0 Å². The molecule has 1 saturated heterocycles. The van der Waals surface area contributed by atoms with Crippen LogP contribution in [0.1, 0.15) is 43.6 Å². The summed E-state index contributed by atoms with van der Waals surface area (Å²) in [6.07, 6.45) is -6.86. The Morgan fingerprint density at radius 3 is 1.95 bits per heavy atom. The van der Waals surface area contributed by atoms with Crippen molar-refractivity contribution in [2.45, 2.75) is 64.8 Å². The summed E-state index contributed by atoms with van der Waals surface area (Å²) in [5, 5.41) is 10.6. The average molecular weight is 637 g/mol. The van der Waals surface area contributed by atoms with Crippen molar-refractivity contribution < 1.29 is 57.5 Å². The second kappa shape index (κ2) is 14.1. The first-order chi connectivity index (χ1) is 19.3. The van der Waals surface area contributed by atoms with E-state index >= 15 is 0 Å². The van der Waals surface area contributed by atoms with Crippen molar-refractivity contribution in [3.8, 4) is 11.5 Å².